The van der Waals surface area contributed by atoms with Gasteiger partial charge in [0.05, 0.1) is 17.9 Å². The van der Waals surface area contributed by atoms with E-state index in [4.69, 9.17) is 10.5 Å². The fourth-order valence-corrected chi connectivity index (χ4v) is 4.59. The molecule has 0 unspecified atom stereocenters. The molecular weight excluding hydrogens is 446 g/mol. The van der Waals surface area contributed by atoms with Crippen molar-refractivity contribution in [3.05, 3.63) is 109 Å². The number of aromatic nitrogens is 4. The van der Waals surface area contributed by atoms with Crippen LogP contribution in [-0.2, 0) is 6.42 Å². The summed E-state index contributed by atoms with van der Waals surface area (Å²) in [5.74, 6) is 0.693. The number of fused-ring (bicyclic) bond motifs is 2. The average molecular weight is 472 g/mol. The average Bonchev–Trinajstić information content (AvgIpc) is 3.34. The molecular formula is C30H25N5O. The summed E-state index contributed by atoms with van der Waals surface area (Å²) in [4.78, 5) is 7.72. The summed E-state index contributed by atoms with van der Waals surface area (Å²) in [5.41, 5.74) is 13.7. The van der Waals surface area contributed by atoms with Crippen molar-refractivity contribution >= 4 is 21.8 Å². The molecule has 0 amide bonds. The van der Waals surface area contributed by atoms with Crippen LogP contribution in [0.1, 0.15) is 5.56 Å². The minimum absolute atomic E-state index is 0.138. The highest BCUT2D eigenvalue weighted by atomic mass is 16.5. The lowest BCUT2D eigenvalue weighted by Crippen LogP contribution is -2.30. The molecule has 6 rings (SSSR count). The summed E-state index contributed by atoms with van der Waals surface area (Å²) in [6, 6.07) is 26.5. The quantitative estimate of drug-likeness (QED) is 0.308. The summed E-state index contributed by atoms with van der Waals surface area (Å²) in [6.45, 7) is 0.399. The Morgan fingerprint density at radius 3 is 2.58 bits per heavy atom. The van der Waals surface area contributed by atoms with Gasteiger partial charge in [-0.1, -0.05) is 54.6 Å². The number of nitrogens with zero attached hydrogens (tertiary/aromatic N) is 3. The number of pyridine rings is 1. The molecule has 0 spiro atoms. The Hall–Kier alpha value is -4.55. The second kappa shape index (κ2) is 9.60. The van der Waals surface area contributed by atoms with Crippen molar-refractivity contribution in [1.82, 2.24) is 20.2 Å². The van der Waals surface area contributed by atoms with Crippen molar-refractivity contribution in [2.45, 2.75) is 12.5 Å². The molecule has 0 aliphatic heterocycles. The number of para-hydroxylation sites is 1. The van der Waals surface area contributed by atoms with Crippen LogP contribution in [0, 0.1) is 0 Å². The molecule has 6 aromatic rings. The number of nitrogens with two attached hydrogens (primary N) is 1. The minimum atomic E-state index is -0.138. The van der Waals surface area contributed by atoms with Crippen LogP contribution in [0.5, 0.6) is 5.75 Å². The van der Waals surface area contributed by atoms with Crippen LogP contribution in [0.25, 0.3) is 44.1 Å². The zero-order valence-electron chi connectivity index (χ0n) is 19.6. The molecule has 6 heteroatoms. The van der Waals surface area contributed by atoms with Gasteiger partial charge in [0.2, 0.25) is 0 Å². The lowest BCUT2D eigenvalue weighted by atomic mass is 9.99. The Morgan fingerprint density at radius 2 is 1.67 bits per heavy atom. The molecule has 0 saturated heterocycles. The summed E-state index contributed by atoms with van der Waals surface area (Å²) < 4.78 is 6.05. The van der Waals surface area contributed by atoms with Gasteiger partial charge in [0.25, 0.3) is 0 Å². The summed E-state index contributed by atoms with van der Waals surface area (Å²) >= 11 is 0. The van der Waals surface area contributed by atoms with Crippen LogP contribution in [0.3, 0.4) is 0 Å². The Kier molecular flexibility index (Phi) is 5.85. The van der Waals surface area contributed by atoms with E-state index in [1.165, 1.54) is 10.9 Å². The minimum Gasteiger partial charge on any atom is -0.490 e. The van der Waals surface area contributed by atoms with Gasteiger partial charge < -0.3 is 15.5 Å². The summed E-state index contributed by atoms with van der Waals surface area (Å²) in [6.07, 6.45) is 8.14. The molecule has 3 aromatic carbocycles. The number of ether oxygens (including phenoxy) is 1. The standard InChI is InChI=1S/C30H25N5O/c31-24(12-23-16-33-29-9-5-4-8-26(23)29)19-36-25-13-22(15-32-17-25)21-10-11-30-27(14-21)28(18-34-35-30)20-6-2-1-3-7-20/h1-11,13-18,24,33H,12,19,31H2/t24-/m0/s1. The number of nitrogens with one attached hydrogen (secondary N) is 1. The highest BCUT2D eigenvalue weighted by Crippen LogP contribution is 2.31. The molecule has 0 radical (unpaired) electrons. The molecule has 3 heterocycles. The van der Waals surface area contributed by atoms with E-state index >= 15 is 0 Å². The third-order valence-corrected chi connectivity index (χ3v) is 6.39. The predicted molar refractivity (Wildman–Crippen MR) is 144 cm³/mol. The molecule has 176 valence electrons. The molecule has 3 aromatic heterocycles. The normalized spacial score (nSPS) is 12.1. The Balaban J connectivity index is 1.21. The SMILES string of the molecule is N[C@H](COc1cncc(-c2ccc3nncc(-c4ccccc4)c3c2)c1)Cc1c[nH]c2ccccc12. The molecule has 1 atom stereocenters. The van der Waals surface area contributed by atoms with E-state index in [1.807, 2.05) is 67.1 Å². The van der Waals surface area contributed by atoms with Gasteiger partial charge >= 0.3 is 0 Å². The van der Waals surface area contributed by atoms with E-state index in [0.29, 0.717) is 12.4 Å². The largest absolute Gasteiger partial charge is 0.490 e. The number of aromatic amines is 1. The number of benzene rings is 3. The van der Waals surface area contributed by atoms with Crippen LogP contribution in [-0.4, -0.2) is 32.8 Å². The van der Waals surface area contributed by atoms with Gasteiger partial charge in [-0.05, 0) is 47.4 Å². The smallest absolute Gasteiger partial charge is 0.138 e. The fourth-order valence-electron chi connectivity index (χ4n) is 4.59. The van der Waals surface area contributed by atoms with Crippen molar-refractivity contribution in [2.24, 2.45) is 5.73 Å². The maximum atomic E-state index is 6.41. The molecule has 36 heavy (non-hydrogen) atoms. The van der Waals surface area contributed by atoms with Crippen molar-refractivity contribution < 1.29 is 4.74 Å². The number of H-pyrrole nitrogens is 1. The van der Waals surface area contributed by atoms with Crippen LogP contribution in [0.4, 0.5) is 0 Å². The van der Waals surface area contributed by atoms with Gasteiger partial charge in [0.15, 0.2) is 0 Å². The molecule has 0 aliphatic carbocycles. The maximum absolute atomic E-state index is 6.41. The molecule has 0 fully saturated rings. The molecule has 6 nitrogen and oxygen atoms in total. The molecule has 0 bridgehead atoms. The monoisotopic (exact) mass is 471 g/mol. The van der Waals surface area contributed by atoms with E-state index in [0.717, 1.165) is 45.1 Å². The van der Waals surface area contributed by atoms with E-state index in [9.17, 15) is 0 Å². The number of hydrogen-bond acceptors (Lipinski definition) is 5. The lowest BCUT2D eigenvalue weighted by molar-refractivity contribution is 0.287. The van der Waals surface area contributed by atoms with Gasteiger partial charge in [0.1, 0.15) is 12.4 Å². The van der Waals surface area contributed by atoms with E-state index < -0.39 is 0 Å². The van der Waals surface area contributed by atoms with Crippen molar-refractivity contribution in [3.63, 3.8) is 0 Å². The summed E-state index contributed by atoms with van der Waals surface area (Å²) in [7, 11) is 0. The molecule has 0 aliphatic rings. The van der Waals surface area contributed by atoms with Crippen LogP contribution < -0.4 is 10.5 Å². The topological polar surface area (TPSA) is 89.7 Å². The van der Waals surface area contributed by atoms with Gasteiger partial charge in [-0.3, -0.25) is 4.98 Å². The zero-order chi connectivity index (χ0) is 24.3. The van der Waals surface area contributed by atoms with E-state index in [2.05, 4.69) is 50.5 Å². The Morgan fingerprint density at radius 1 is 0.806 bits per heavy atom. The first-order valence-electron chi connectivity index (χ1n) is 11.9. The van der Waals surface area contributed by atoms with Gasteiger partial charge in [-0.2, -0.15) is 10.2 Å². The summed E-state index contributed by atoms with van der Waals surface area (Å²) in [5, 5.41) is 10.7. The second-order valence-electron chi connectivity index (χ2n) is 8.90. The third-order valence-electron chi connectivity index (χ3n) is 6.39. The second-order valence-corrected chi connectivity index (χ2v) is 8.90. The van der Waals surface area contributed by atoms with E-state index in [1.54, 1.807) is 6.20 Å². The first kappa shape index (κ1) is 21.9. The number of rotatable bonds is 7. The molecule has 3 N–H and O–H groups in total. The van der Waals surface area contributed by atoms with Crippen molar-refractivity contribution in [3.8, 4) is 28.0 Å². The molecule has 0 saturated carbocycles. The van der Waals surface area contributed by atoms with Crippen LogP contribution in [0.15, 0.2) is 104 Å². The first-order chi connectivity index (χ1) is 17.7. The van der Waals surface area contributed by atoms with Crippen LogP contribution in [0.2, 0.25) is 0 Å². The Bertz CT molecular complexity index is 1640. The Labute approximate surface area is 208 Å². The van der Waals surface area contributed by atoms with Gasteiger partial charge in [0, 0.05) is 45.9 Å². The highest BCUT2D eigenvalue weighted by Gasteiger charge is 2.11. The first-order valence-corrected chi connectivity index (χ1v) is 11.9. The van der Waals surface area contributed by atoms with Gasteiger partial charge in [-0.25, -0.2) is 0 Å². The van der Waals surface area contributed by atoms with Crippen molar-refractivity contribution in [2.75, 3.05) is 6.61 Å². The predicted octanol–water partition coefficient (Wildman–Crippen LogP) is 5.79. The third kappa shape index (κ3) is 4.42. The fraction of sp³-hybridized carbons (Fsp3) is 0.100. The zero-order valence-corrected chi connectivity index (χ0v) is 19.6. The highest BCUT2D eigenvalue weighted by molar-refractivity contribution is 5.96. The maximum Gasteiger partial charge on any atom is 0.138 e. The van der Waals surface area contributed by atoms with E-state index in [-0.39, 0.29) is 6.04 Å². The lowest BCUT2D eigenvalue weighted by Gasteiger charge is -2.14. The van der Waals surface area contributed by atoms with Crippen molar-refractivity contribution in [1.29, 1.82) is 0 Å². The van der Waals surface area contributed by atoms with Gasteiger partial charge in [-0.15, -0.1) is 0 Å². The van der Waals surface area contributed by atoms with Crippen LogP contribution >= 0.6 is 0 Å². The number of hydrogen-bond donors (Lipinski definition) is 2.